The highest BCUT2D eigenvalue weighted by molar-refractivity contribution is 9.10. The number of rotatable bonds is 2. The third kappa shape index (κ3) is 2.16. The maximum Gasteiger partial charge on any atom is 0.228 e. The molecule has 1 aromatic heterocycles. The molecule has 0 saturated carbocycles. The Kier molecular flexibility index (Phi) is 3.18. The van der Waals surface area contributed by atoms with Crippen LogP contribution in [0.15, 0.2) is 51.4 Å². The minimum Gasteiger partial charge on any atom is -0.452 e. The zero-order valence-corrected chi connectivity index (χ0v) is 12.2. The first-order valence-electron chi connectivity index (χ1n) is 6.05. The number of fused-ring (bicyclic) bond motifs is 1. The average Bonchev–Trinajstić information content (AvgIpc) is 2.75. The van der Waals surface area contributed by atoms with E-state index in [-0.39, 0.29) is 17.4 Å². The fraction of sp³-hybridized carbons (Fsp3) is 0.0625. The number of aryl methyl sites for hydroxylation is 1. The second-order valence-electron chi connectivity index (χ2n) is 4.54. The Morgan fingerprint density at radius 1 is 1.20 bits per heavy atom. The molecule has 3 rings (SSSR count). The molecule has 0 spiro atoms. The minimum atomic E-state index is -0.345. The van der Waals surface area contributed by atoms with Crippen LogP contribution in [0.4, 0.5) is 4.39 Å². The first-order chi connectivity index (χ1) is 9.56. The molecule has 0 amide bonds. The third-order valence-electron chi connectivity index (χ3n) is 3.19. The smallest absolute Gasteiger partial charge is 0.228 e. The monoisotopic (exact) mass is 332 g/mol. The molecule has 100 valence electrons. The lowest BCUT2D eigenvalue weighted by molar-refractivity contribution is 0.101. The van der Waals surface area contributed by atoms with Crippen LogP contribution in [0.3, 0.4) is 0 Å². The minimum absolute atomic E-state index is 0.208. The van der Waals surface area contributed by atoms with Crippen molar-refractivity contribution in [3.63, 3.8) is 0 Å². The van der Waals surface area contributed by atoms with E-state index in [2.05, 4.69) is 15.9 Å². The SMILES string of the molecule is Cc1c(C(=O)c2cccc(Br)c2)oc2ccc(F)cc12. The van der Waals surface area contributed by atoms with Gasteiger partial charge in [-0.2, -0.15) is 0 Å². The van der Waals surface area contributed by atoms with Crippen molar-refractivity contribution in [2.45, 2.75) is 6.92 Å². The van der Waals surface area contributed by atoms with Crippen molar-refractivity contribution in [2.75, 3.05) is 0 Å². The Hall–Kier alpha value is -1.94. The van der Waals surface area contributed by atoms with Crippen LogP contribution in [-0.4, -0.2) is 5.78 Å². The van der Waals surface area contributed by atoms with Gasteiger partial charge in [0, 0.05) is 21.0 Å². The van der Waals surface area contributed by atoms with E-state index in [1.54, 1.807) is 25.1 Å². The van der Waals surface area contributed by atoms with Gasteiger partial charge in [0.1, 0.15) is 11.4 Å². The van der Waals surface area contributed by atoms with E-state index in [4.69, 9.17) is 4.42 Å². The predicted molar refractivity (Wildman–Crippen MR) is 78.5 cm³/mol. The maximum absolute atomic E-state index is 13.3. The van der Waals surface area contributed by atoms with E-state index in [0.717, 1.165) is 4.47 Å². The molecule has 20 heavy (non-hydrogen) atoms. The van der Waals surface area contributed by atoms with Crippen LogP contribution in [0.25, 0.3) is 11.0 Å². The predicted octanol–water partition coefficient (Wildman–Crippen LogP) is 4.87. The number of ketones is 1. The fourth-order valence-electron chi connectivity index (χ4n) is 2.17. The summed E-state index contributed by atoms with van der Waals surface area (Å²) in [6.45, 7) is 1.76. The number of carbonyl (C=O) groups excluding carboxylic acids is 1. The third-order valence-corrected chi connectivity index (χ3v) is 3.68. The molecule has 2 nitrogen and oxygen atoms in total. The Labute approximate surface area is 123 Å². The first-order valence-corrected chi connectivity index (χ1v) is 6.84. The van der Waals surface area contributed by atoms with Gasteiger partial charge in [-0.3, -0.25) is 4.79 Å². The van der Waals surface area contributed by atoms with Gasteiger partial charge in [0.2, 0.25) is 5.78 Å². The molecule has 1 heterocycles. The van der Waals surface area contributed by atoms with Gasteiger partial charge in [-0.1, -0.05) is 28.1 Å². The van der Waals surface area contributed by atoms with Crippen LogP contribution in [0.5, 0.6) is 0 Å². The van der Waals surface area contributed by atoms with Crippen molar-refractivity contribution in [2.24, 2.45) is 0 Å². The van der Waals surface area contributed by atoms with Gasteiger partial charge in [-0.25, -0.2) is 4.39 Å². The second-order valence-corrected chi connectivity index (χ2v) is 5.45. The Morgan fingerprint density at radius 3 is 2.75 bits per heavy atom. The van der Waals surface area contributed by atoms with E-state index in [0.29, 0.717) is 22.1 Å². The van der Waals surface area contributed by atoms with E-state index in [1.807, 2.05) is 6.07 Å². The average molecular weight is 333 g/mol. The lowest BCUT2D eigenvalue weighted by atomic mass is 10.0. The Bertz CT molecular complexity index is 820. The molecule has 0 bridgehead atoms. The van der Waals surface area contributed by atoms with Gasteiger partial charge in [0.25, 0.3) is 0 Å². The number of halogens is 2. The quantitative estimate of drug-likeness (QED) is 0.626. The maximum atomic E-state index is 13.3. The number of hydrogen-bond donors (Lipinski definition) is 0. The summed E-state index contributed by atoms with van der Waals surface area (Å²) in [5, 5.41) is 0.628. The second kappa shape index (κ2) is 4.87. The van der Waals surface area contributed by atoms with E-state index >= 15 is 0 Å². The number of benzene rings is 2. The molecule has 2 aromatic carbocycles. The van der Waals surface area contributed by atoms with Crippen LogP contribution in [-0.2, 0) is 0 Å². The molecule has 0 radical (unpaired) electrons. The molecule has 0 saturated heterocycles. The highest BCUT2D eigenvalue weighted by atomic mass is 79.9. The Balaban J connectivity index is 2.15. The van der Waals surface area contributed by atoms with E-state index in [9.17, 15) is 9.18 Å². The zero-order valence-electron chi connectivity index (χ0n) is 10.6. The Morgan fingerprint density at radius 2 is 2.00 bits per heavy atom. The molecule has 0 fully saturated rings. The molecule has 3 aromatic rings. The van der Waals surface area contributed by atoms with Gasteiger partial charge in [-0.15, -0.1) is 0 Å². The number of hydrogen-bond acceptors (Lipinski definition) is 2. The van der Waals surface area contributed by atoms with Crippen LogP contribution < -0.4 is 0 Å². The summed E-state index contributed by atoms with van der Waals surface area (Å²) in [5.41, 5.74) is 1.70. The summed E-state index contributed by atoms with van der Waals surface area (Å²) in [4.78, 5) is 12.5. The topological polar surface area (TPSA) is 30.2 Å². The van der Waals surface area contributed by atoms with Gasteiger partial charge in [0.05, 0.1) is 0 Å². The van der Waals surface area contributed by atoms with Crippen molar-refractivity contribution in [3.8, 4) is 0 Å². The van der Waals surface area contributed by atoms with Crippen molar-refractivity contribution >= 4 is 32.7 Å². The molecular formula is C16H10BrFO2. The lowest BCUT2D eigenvalue weighted by Crippen LogP contribution is -2.01. The fourth-order valence-corrected chi connectivity index (χ4v) is 2.57. The van der Waals surface area contributed by atoms with Crippen LogP contribution in [0.1, 0.15) is 21.7 Å². The van der Waals surface area contributed by atoms with Crippen molar-refractivity contribution in [1.29, 1.82) is 0 Å². The van der Waals surface area contributed by atoms with Gasteiger partial charge >= 0.3 is 0 Å². The molecule has 4 heteroatoms. The van der Waals surface area contributed by atoms with E-state index in [1.165, 1.54) is 18.2 Å². The van der Waals surface area contributed by atoms with Crippen LogP contribution in [0.2, 0.25) is 0 Å². The standard InChI is InChI=1S/C16H10BrFO2/c1-9-13-8-12(18)5-6-14(13)20-16(9)15(19)10-3-2-4-11(17)7-10/h2-8H,1H3. The lowest BCUT2D eigenvalue weighted by Gasteiger charge is -1.99. The van der Waals surface area contributed by atoms with Gasteiger partial charge < -0.3 is 4.42 Å². The highest BCUT2D eigenvalue weighted by Crippen LogP contribution is 2.28. The summed E-state index contributed by atoms with van der Waals surface area (Å²) < 4.78 is 19.7. The normalized spacial score (nSPS) is 10.9. The van der Waals surface area contributed by atoms with Crippen LogP contribution in [0, 0.1) is 12.7 Å². The summed E-state index contributed by atoms with van der Waals surface area (Å²) >= 11 is 3.33. The molecule has 0 aliphatic rings. The zero-order chi connectivity index (χ0) is 14.3. The van der Waals surface area contributed by atoms with E-state index < -0.39 is 0 Å². The van der Waals surface area contributed by atoms with Gasteiger partial charge in [-0.05, 0) is 37.3 Å². The number of furan rings is 1. The molecule has 0 aliphatic heterocycles. The number of carbonyl (C=O) groups is 1. The highest BCUT2D eigenvalue weighted by Gasteiger charge is 2.19. The van der Waals surface area contributed by atoms with Crippen molar-refractivity contribution in [1.82, 2.24) is 0 Å². The van der Waals surface area contributed by atoms with Crippen molar-refractivity contribution < 1.29 is 13.6 Å². The molecular weight excluding hydrogens is 323 g/mol. The summed E-state index contributed by atoms with van der Waals surface area (Å²) in [6, 6.07) is 11.3. The summed E-state index contributed by atoms with van der Waals surface area (Å²) in [5.74, 6) is -0.299. The summed E-state index contributed by atoms with van der Waals surface area (Å²) in [6.07, 6.45) is 0. The molecule has 0 aliphatic carbocycles. The van der Waals surface area contributed by atoms with Gasteiger partial charge in [0.15, 0.2) is 5.76 Å². The first kappa shape index (κ1) is 13.1. The molecule has 0 atom stereocenters. The molecule has 0 unspecified atom stereocenters. The summed E-state index contributed by atoms with van der Waals surface area (Å²) in [7, 11) is 0. The largest absolute Gasteiger partial charge is 0.452 e. The molecule has 0 N–H and O–H groups in total. The van der Waals surface area contributed by atoms with Crippen LogP contribution >= 0.6 is 15.9 Å². The van der Waals surface area contributed by atoms with Crippen molar-refractivity contribution in [3.05, 3.63) is 69.6 Å².